The zero-order valence-corrected chi connectivity index (χ0v) is 15.2. The molecule has 0 aromatic carbocycles. The summed E-state index contributed by atoms with van der Waals surface area (Å²) in [6.07, 6.45) is 13.5. The first-order valence-corrected chi connectivity index (χ1v) is 9.61. The fourth-order valence-electron chi connectivity index (χ4n) is 1.60. The number of rotatable bonds is 11. The van der Waals surface area contributed by atoms with E-state index in [0.29, 0.717) is 6.61 Å². The lowest BCUT2D eigenvalue weighted by molar-refractivity contribution is -0.136. The summed E-state index contributed by atoms with van der Waals surface area (Å²) < 4.78 is 31.6. The Bertz CT molecular complexity index is 311. The van der Waals surface area contributed by atoms with Crippen LogP contribution >= 0.6 is 0 Å². The fourth-order valence-corrected chi connectivity index (χ4v) is 1.60. The minimum atomic E-state index is -4.67. The third-order valence-electron chi connectivity index (χ3n) is 2.81. The molecule has 0 spiro atoms. The molecule has 0 rings (SSSR count). The topological polar surface area (TPSA) is 132 Å². The number of hydrogen-bond acceptors (Lipinski definition) is 4. The van der Waals surface area contributed by atoms with Gasteiger partial charge in [0.15, 0.2) is 0 Å². The second kappa shape index (κ2) is 21.3. The van der Waals surface area contributed by atoms with Gasteiger partial charge in [0.2, 0.25) is 0 Å². The number of carboxylic acids is 1. The Morgan fingerprint density at radius 2 is 1.04 bits per heavy atom. The van der Waals surface area contributed by atoms with Crippen LogP contribution in [0.3, 0.4) is 0 Å². The van der Waals surface area contributed by atoms with E-state index in [2.05, 4.69) is 6.92 Å². The molecule has 0 aliphatic heterocycles. The minimum absolute atomic E-state index is 0.222. The molecule has 0 aliphatic carbocycles. The molecule has 0 radical (unpaired) electrons. The highest BCUT2D eigenvalue weighted by Gasteiger charge is 1.91. The van der Waals surface area contributed by atoms with Crippen molar-refractivity contribution in [1.82, 2.24) is 0 Å². The van der Waals surface area contributed by atoms with Crippen LogP contribution in [-0.4, -0.2) is 40.3 Å². The first-order valence-electron chi connectivity index (χ1n) is 8.21. The van der Waals surface area contributed by atoms with Gasteiger partial charge in [0.05, 0.1) is 0 Å². The summed E-state index contributed by atoms with van der Waals surface area (Å²) in [5.41, 5.74) is 0. The number of aliphatic hydroxyl groups is 1. The fraction of sp³-hybridized carbons (Fsp3) is 0.933. The van der Waals surface area contributed by atoms with Crippen molar-refractivity contribution in [2.45, 2.75) is 84.5 Å². The van der Waals surface area contributed by atoms with Crippen molar-refractivity contribution >= 4 is 16.4 Å². The maximum Gasteiger partial charge on any atom is 0.394 e. The Kier molecular flexibility index (Phi) is 25.2. The molecule has 23 heavy (non-hydrogen) atoms. The van der Waals surface area contributed by atoms with E-state index < -0.39 is 16.4 Å². The van der Waals surface area contributed by atoms with Crippen LogP contribution in [0.15, 0.2) is 0 Å². The summed E-state index contributed by atoms with van der Waals surface area (Å²) in [5.74, 6) is -0.745. The van der Waals surface area contributed by atoms with E-state index in [1.54, 1.807) is 6.92 Å². The molecule has 8 heteroatoms. The number of hydrogen-bond donors (Lipinski definition) is 4. The quantitative estimate of drug-likeness (QED) is 0.327. The van der Waals surface area contributed by atoms with Crippen LogP contribution in [0.25, 0.3) is 0 Å². The third-order valence-corrected chi connectivity index (χ3v) is 2.81. The van der Waals surface area contributed by atoms with Crippen molar-refractivity contribution in [3.63, 3.8) is 0 Å². The van der Waals surface area contributed by atoms with Gasteiger partial charge in [-0.25, -0.2) is 0 Å². The van der Waals surface area contributed by atoms with Crippen LogP contribution in [0.1, 0.15) is 84.5 Å². The number of unbranched alkanes of at least 4 members (excludes halogenated alkanes) is 9. The minimum Gasteiger partial charge on any atom is -0.481 e. The molecule has 0 aromatic heterocycles. The van der Waals surface area contributed by atoms with Crippen molar-refractivity contribution in [2.24, 2.45) is 0 Å². The summed E-state index contributed by atoms with van der Waals surface area (Å²) in [6, 6.07) is 0. The summed E-state index contributed by atoms with van der Waals surface area (Å²) in [5, 5.41) is 16.3. The number of carbonyl (C=O) groups is 1. The maximum atomic E-state index is 9.37. The van der Waals surface area contributed by atoms with Gasteiger partial charge >= 0.3 is 16.4 Å². The van der Waals surface area contributed by atoms with Gasteiger partial charge < -0.3 is 10.2 Å². The first kappa shape index (κ1) is 27.2. The van der Waals surface area contributed by atoms with E-state index in [9.17, 15) is 4.79 Å². The zero-order chi connectivity index (χ0) is 18.6. The Hall–Kier alpha value is -0.700. The second-order valence-electron chi connectivity index (χ2n) is 5.10. The average Bonchev–Trinajstić information content (AvgIpc) is 2.44. The Labute approximate surface area is 140 Å². The van der Waals surface area contributed by atoms with Gasteiger partial charge in [0.25, 0.3) is 0 Å². The summed E-state index contributed by atoms with van der Waals surface area (Å²) in [7, 11) is -4.67. The average molecular weight is 358 g/mol. The lowest BCUT2D eigenvalue weighted by Crippen LogP contribution is -1.89. The van der Waals surface area contributed by atoms with Crippen LogP contribution in [0.4, 0.5) is 0 Å². The van der Waals surface area contributed by atoms with Crippen molar-refractivity contribution in [2.75, 3.05) is 6.61 Å². The monoisotopic (exact) mass is 358 g/mol. The predicted molar refractivity (Wildman–Crippen MR) is 91.0 cm³/mol. The largest absolute Gasteiger partial charge is 0.481 e. The summed E-state index contributed by atoms with van der Waals surface area (Å²) in [4.78, 5) is 9.37. The van der Waals surface area contributed by atoms with E-state index in [-0.39, 0.29) is 6.42 Å². The van der Waals surface area contributed by atoms with Gasteiger partial charge in [-0.1, -0.05) is 71.6 Å². The molecule has 0 amide bonds. The second-order valence-corrected chi connectivity index (χ2v) is 6.00. The standard InChI is InChI=1S/C12H26O.C3H6O2.H2O4S/c1-2-3-4-5-6-7-8-9-10-11-12-13;1-2-3(4)5;1-5(2,3)4/h13H,2-12H2,1H3;2H2,1H3,(H,4,5);(H2,1,2,3,4). The van der Waals surface area contributed by atoms with Gasteiger partial charge in [0.1, 0.15) is 0 Å². The summed E-state index contributed by atoms with van der Waals surface area (Å²) >= 11 is 0. The number of aliphatic hydroxyl groups excluding tert-OH is 1. The van der Waals surface area contributed by atoms with E-state index in [1.807, 2.05) is 0 Å². The Balaban J connectivity index is -0.000000329. The van der Waals surface area contributed by atoms with Gasteiger partial charge in [-0.05, 0) is 6.42 Å². The van der Waals surface area contributed by atoms with Crippen molar-refractivity contribution < 1.29 is 32.5 Å². The van der Waals surface area contributed by atoms with E-state index in [1.165, 1.54) is 57.8 Å². The molecular formula is C15H34O7S. The Morgan fingerprint density at radius 3 is 1.26 bits per heavy atom. The lowest BCUT2D eigenvalue weighted by atomic mass is 10.1. The highest BCUT2D eigenvalue weighted by molar-refractivity contribution is 7.79. The zero-order valence-electron chi connectivity index (χ0n) is 14.4. The molecule has 0 aliphatic rings. The molecule has 142 valence electrons. The molecule has 0 aromatic rings. The van der Waals surface area contributed by atoms with Gasteiger partial charge in [-0.2, -0.15) is 8.42 Å². The summed E-state index contributed by atoms with van der Waals surface area (Å²) in [6.45, 7) is 4.23. The molecule has 0 unspecified atom stereocenters. The normalized spacial score (nSPS) is 10.1. The molecule has 0 fully saturated rings. The molecule has 7 nitrogen and oxygen atoms in total. The van der Waals surface area contributed by atoms with Crippen molar-refractivity contribution in [3.8, 4) is 0 Å². The van der Waals surface area contributed by atoms with E-state index in [0.717, 1.165) is 6.42 Å². The predicted octanol–water partition coefficient (Wildman–Crippen LogP) is 3.73. The number of carboxylic acid groups (broad SMARTS) is 1. The first-order chi connectivity index (χ1) is 10.7. The lowest BCUT2D eigenvalue weighted by Gasteiger charge is -2.00. The van der Waals surface area contributed by atoms with Crippen LogP contribution in [0.5, 0.6) is 0 Å². The number of aliphatic carboxylic acids is 1. The van der Waals surface area contributed by atoms with Crippen molar-refractivity contribution in [3.05, 3.63) is 0 Å². The van der Waals surface area contributed by atoms with Gasteiger partial charge in [-0.3, -0.25) is 13.9 Å². The van der Waals surface area contributed by atoms with Crippen LogP contribution in [0, 0.1) is 0 Å². The molecule has 4 N–H and O–H groups in total. The van der Waals surface area contributed by atoms with E-state index in [4.69, 9.17) is 27.7 Å². The SMILES string of the molecule is CCC(=O)O.CCCCCCCCCCCCO.O=S(=O)(O)O. The van der Waals surface area contributed by atoms with Crippen LogP contribution in [0.2, 0.25) is 0 Å². The highest BCUT2D eigenvalue weighted by Crippen LogP contribution is 2.09. The molecule has 0 bridgehead atoms. The van der Waals surface area contributed by atoms with Crippen LogP contribution in [-0.2, 0) is 15.2 Å². The smallest absolute Gasteiger partial charge is 0.394 e. The molecule has 0 saturated carbocycles. The Morgan fingerprint density at radius 1 is 0.783 bits per heavy atom. The molecular weight excluding hydrogens is 324 g/mol. The molecule has 0 heterocycles. The third kappa shape index (κ3) is 62.1. The van der Waals surface area contributed by atoms with Gasteiger partial charge in [-0.15, -0.1) is 0 Å². The van der Waals surface area contributed by atoms with Gasteiger partial charge in [0, 0.05) is 13.0 Å². The molecule has 0 atom stereocenters. The molecule has 0 saturated heterocycles. The van der Waals surface area contributed by atoms with Crippen LogP contribution < -0.4 is 0 Å². The van der Waals surface area contributed by atoms with Crippen molar-refractivity contribution in [1.29, 1.82) is 0 Å². The highest BCUT2D eigenvalue weighted by atomic mass is 32.3. The maximum absolute atomic E-state index is 9.37. The van der Waals surface area contributed by atoms with E-state index >= 15 is 0 Å².